The standard InChI is InChI=1S/C9H8BrNO2.C8H6BrNO2/c1-11-7-4-2-3-6(10)9(7)13-5-8(11)12;9-5-2-1-3-6-8(5)12-4-7(11)10-6/h2-4H,5H2,1H3;1-3H,4H2,(H,10,11). The largest absolute Gasteiger partial charge is 0.480 e. The molecule has 0 radical (unpaired) electrons. The first-order chi connectivity index (χ1) is 12.0. The molecule has 0 aromatic heterocycles. The fraction of sp³-hybridized carbons (Fsp3) is 0.176. The number of nitrogens with zero attached hydrogens (tertiary/aromatic N) is 1. The lowest BCUT2D eigenvalue weighted by Gasteiger charge is -2.26. The van der Waals surface area contributed by atoms with Crippen molar-refractivity contribution in [2.45, 2.75) is 0 Å². The van der Waals surface area contributed by atoms with E-state index in [0.717, 1.165) is 26.1 Å². The van der Waals surface area contributed by atoms with Gasteiger partial charge in [0.2, 0.25) is 0 Å². The Morgan fingerprint density at radius 1 is 0.960 bits per heavy atom. The predicted octanol–water partition coefficient (Wildman–Crippen LogP) is 3.58. The van der Waals surface area contributed by atoms with Crippen LogP contribution in [0.3, 0.4) is 0 Å². The number of carbonyl (C=O) groups excluding carboxylic acids is 2. The van der Waals surface area contributed by atoms with Crippen LogP contribution in [0.15, 0.2) is 45.3 Å². The average Bonchev–Trinajstić information content (AvgIpc) is 2.59. The van der Waals surface area contributed by atoms with Crippen molar-refractivity contribution in [2.75, 3.05) is 30.5 Å². The zero-order valence-corrected chi connectivity index (χ0v) is 16.4. The number of fused-ring (bicyclic) bond motifs is 2. The quantitative estimate of drug-likeness (QED) is 0.640. The molecule has 1 N–H and O–H groups in total. The second-order valence-corrected chi connectivity index (χ2v) is 6.99. The lowest BCUT2D eigenvalue weighted by atomic mass is 10.2. The van der Waals surface area contributed by atoms with Gasteiger partial charge >= 0.3 is 0 Å². The van der Waals surface area contributed by atoms with Crippen molar-refractivity contribution in [1.29, 1.82) is 0 Å². The first-order valence-corrected chi connectivity index (χ1v) is 8.95. The van der Waals surface area contributed by atoms with Gasteiger partial charge in [-0.1, -0.05) is 12.1 Å². The first-order valence-electron chi connectivity index (χ1n) is 7.36. The number of amides is 2. The normalized spacial score (nSPS) is 14.9. The van der Waals surface area contributed by atoms with Crippen LogP contribution < -0.4 is 19.7 Å². The summed E-state index contributed by atoms with van der Waals surface area (Å²) in [7, 11) is 1.75. The maximum Gasteiger partial charge on any atom is 0.264 e. The number of para-hydroxylation sites is 2. The molecule has 0 unspecified atom stereocenters. The summed E-state index contributed by atoms with van der Waals surface area (Å²) in [6.45, 7) is 0.210. The number of ether oxygens (including phenoxy) is 2. The summed E-state index contributed by atoms with van der Waals surface area (Å²) in [6.07, 6.45) is 0. The van der Waals surface area contributed by atoms with Crippen molar-refractivity contribution < 1.29 is 19.1 Å². The maximum absolute atomic E-state index is 11.3. The second-order valence-electron chi connectivity index (χ2n) is 5.28. The van der Waals surface area contributed by atoms with Crippen LogP contribution in [0.5, 0.6) is 11.5 Å². The number of halogens is 2. The molecule has 0 saturated carbocycles. The molecule has 0 spiro atoms. The second kappa shape index (κ2) is 7.45. The van der Waals surface area contributed by atoms with Crippen molar-refractivity contribution in [3.63, 3.8) is 0 Å². The Balaban J connectivity index is 0.000000146. The highest BCUT2D eigenvalue weighted by Crippen LogP contribution is 2.37. The van der Waals surface area contributed by atoms with Crippen molar-refractivity contribution >= 4 is 55.0 Å². The molecule has 4 rings (SSSR count). The molecule has 0 saturated heterocycles. The molecule has 2 heterocycles. The number of nitrogens with one attached hydrogen (secondary N) is 1. The van der Waals surface area contributed by atoms with E-state index in [4.69, 9.17) is 9.47 Å². The SMILES string of the molecule is CN1C(=O)COc2c(Br)cccc21.O=C1COc2c(Br)cccc2N1. The molecule has 0 fully saturated rings. The molecule has 2 amide bonds. The van der Waals surface area contributed by atoms with E-state index in [9.17, 15) is 9.59 Å². The third-order valence-corrected chi connectivity index (χ3v) is 4.86. The minimum Gasteiger partial charge on any atom is -0.480 e. The lowest BCUT2D eigenvalue weighted by Crippen LogP contribution is -2.35. The highest BCUT2D eigenvalue weighted by molar-refractivity contribution is 9.11. The van der Waals surface area contributed by atoms with Gasteiger partial charge in [0.05, 0.1) is 20.3 Å². The number of hydrogen-bond donors (Lipinski definition) is 1. The monoisotopic (exact) mass is 468 g/mol. The molecule has 2 aliphatic heterocycles. The van der Waals surface area contributed by atoms with Gasteiger partial charge in [0.25, 0.3) is 11.8 Å². The molecular formula is C17H14Br2N2O4. The van der Waals surface area contributed by atoms with Gasteiger partial charge in [-0.15, -0.1) is 0 Å². The third-order valence-electron chi connectivity index (χ3n) is 3.61. The molecule has 0 aliphatic carbocycles. The van der Waals surface area contributed by atoms with Crippen LogP contribution in [0.2, 0.25) is 0 Å². The van der Waals surface area contributed by atoms with Crippen molar-refractivity contribution in [2.24, 2.45) is 0 Å². The summed E-state index contributed by atoms with van der Waals surface area (Å²) < 4.78 is 12.2. The first kappa shape index (κ1) is 17.8. The predicted molar refractivity (Wildman–Crippen MR) is 101 cm³/mol. The van der Waals surface area contributed by atoms with Gasteiger partial charge in [-0.2, -0.15) is 0 Å². The van der Waals surface area contributed by atoms with E-state index in [2.05, 4.69) is 37.2 Å². The lowest BCUT2D eigenvalue weighted by molar-refractivity contribution is -0.121. The minimum absolute atomic E-state index is 0.0226. The highest BCUT2D eigenvalue weighted by Gasteiger charge is 2.23. The fourth-order valence-corrected chi connectivity index (χ4v) is 3.30. The van der Waals surface area contributed by atoms with Crippen LogP contribution >= 0.6 is 31.9 Å². The number of likely N-dealkylation sites (N-methyl/N-ethyl adjacent to an activating group) is 1. The number of benzene rings is 2. The molecule has 2 aromatic carbocycles. The van der Waals surface area contributed by atoms with Gasteiger partial charge < -0.3 is 19.7 Å². The Morgan fingerprint density at radius 2 is 1.60 bits per heavy atom. The Kier molecular flexibility index (Phi) is 5.29. The van der Waals surface area contributed by atoms with E-state index in [0.29, 0.717) is 5.75 Å². The summed E-state index contributed by atoms with van der Waals surface area (Å²) in [4.78, 5) is 23.7. The molecule has 0 bridgehead atoms. The molecular weight excluding hydrogens is 456 g/mol. The third kappa shape index (κ3) is 3.80. The van der Waals surface area contributed by atoms with Crippen molar-refractivity contribution in [1.82, 2.24) is 0 Å². The zero-order chi connectivity index (χ0) is 18.0. The number of rotatable bonds is 0. The summed E-state index contributed by atoms with van der Waals surface area (Å²) in [5.74, 6) is 1.31. The molecule has 6 nitrogen and oxygen atoms in total. The van der Waals surface area contributed by atoms with Crippen LogP contribution in [0, 0.1) is 0 Å². The molecule has 8 heteroatoms. The van der Waals surface area contributed by atoms with Gasteiger partial charge in [0.15, 0.2) is 24.7 Å². The maximum atomic E-state index is 11.3. The molecule has 0 atom stereocenters. The minimum atomic E-state index is -0.111. The van der Waals surface area contributed by atoms with E-state index >= 15 is 0 Å². The van der Waals surface area contributed by atoms with Crippen LogP contribution in [0.4, 0.5) is 11.4 Å². The van der Waals surface area contributed by atoms with Gasteiger partial charge in [-0.05, 0) is 56.1 Å². The molecule has 130 valence electrons. The summed E-state index contributed by atoms with van der Waals surface area (Å²) >= 11 is 6.69. The van der Waals surface area contributed by atoms with Crippen LogP contribution in [-0.2, 0) is 9.59 Å². The summed E-state index contributed by atoms with van der Waals surface area (Å²) in [6, 6.07) is 11.1. The molecule has 2 aliphatic rings. The zero-order valence-electron chi connectivity index (χ0n) is 13.2. The van der Waals surface area contributed by atoms with Gasteiger partial charge in [-0.25, -0.2) is 0 Å². The number of anilines is 2. The van der Waals surface area contributed by atoms with E-state index in [1.807, 2.05) is 30.3 Å². The number of hydrogen-bond acceptors (Lipinski definition) is 4. The molecule has 25 heavy (non-hydrogen) atoms. The van der Waals surface area contributed by atoms with Crippen LogP contribution in [0.25, 0.3) is 0 Å². The van der Waals surface area contributed by atoms with Crippen molar-refractivity contribution in [3.05, 3.63) is 45.3 Å². The Bertz CT molecular complexity index is 841. The van der Waals surface area contributed by atoms with Gasteiger partial charge in [-0.3, -0.25) is 9.59 Å². The summed E-state index contributed by atoms with van der Waals surface area (Å²) in [5, 5.41) is 2.71. The Hall–Kier alpha value is -2.06. The number of carbonyl (C=O) groups is 2. The highest BCUT2D eigenvalue weighted by atomic mass is 79.9. The van der Waals surface area contributed by atoms with E-state index < -0.39 is 0 Å². The van der Waals surface area contributed by atoms with Crippen molar-refractivity contribution in [3.8, 4) is 11.5 Å². The smallest absolute Gasteiger partial charge is 0.264 e. The van der Waals surface area contributed by atoms with E-state index in [1.165, 1.54) is 0 Å². The molecule has 2 aromatic rings. The fourth-order valence-electron chi connectivity index (χ4n) is 2.35. The van der Waals surface area contributed by atoms with E-state index in [-0.39, 0.29) is 25.0 Å². The van der Waals surface area contributed by atoms with E-state index in [1.54, 1.807) is 18.0 Å². The van der Waals surface area contributed by atoms with Crippen LogP contribution in [0.1, 0.15) is 0 Å². The Labute approximate surface area is 161 Å². The van der Waals surface area contributed by atoms with Gasteiger partial charge in [0, 0.05) is 7.05 Å². The topological polar surface area (TPSA) is 67.9 Å². The Morgan fingerprint density at radius 3 is 2.36 bits per heavy atom. The average molecular weight is 470 g/mol. The van der Waals surface area contributed by atoms with Crippen LogP contribution in [-0.4, -0.2) is 32.1 Å². The summed E-state index contributed by atoms with van der Waals surface area (Å²) in [5.41, 5.74) is 1.53. The van der Waals surface area contributed by atoms with Gasteiger partial charge in [0.1, 0.15) is 0 Å².